The second-order valence-corrected chi connectivity index (χ2v) is 9.28. The molecule has 2 saturated heterocycles. The van der Waals surface area contributed by atoms with E-state index in [2.05, 4.69) is 32.6 Å². The topological polar surface area (TPSA) is 66.9 Å². The zero-order valence-corrected chi connectivity index (χ0v) is 19.9. The molecule has 0 spiro atoms. The summed E-state index contributed by atoms with van der Waals surface area (Å²) in [7, 11) is 5.68. The highest BCUT2D eigenvalue weighted by Gasteiger charge is 2.40. The number of aromatic nitrogens is 1. The number of fused-ring (bicyclic) bond motifs is 2. The van der Waals surface area contributed by atoms with Gasteiger partial charge in [-0.2, -0.15) is 0 Å². The lowest BCUT2D eigenvalue weighted by molar-refractivity contribution is -0.127. The fourth-order valence-corrected chi connectivity index (χ4v) is 4.81. The lowest BCUT2D eigenvalue weighted by Gasteiger charge is -2.23. The number of ether oxygens (including phenoxy) is 2. The molecule has 2 aromatic rings. The number of carbonyl (C=O) groups excluding carboxylic acids is 1. The molecule has 0 radical (unpaired) electrons. The summed E-state index contributed by atoms with van der Waals surface area (Å²) in [6, 6.07) is 10.1. The summed E-state index contributed by atoms with van der Waals surface area (Å²) in [5.74, 6) is 2.01. The van der Waals surface area contributed by atoms with Crippen molar-refractivity contribution < 1.29 is 14.3 Å². The van der Waals surface area contributed by atoms with Gasteiger partial charge in [-0.15, -0.1) is 0 Å². The first-order chi connectivity index (χ1) is 16.5. The van der Waals surface area contributed by atoms with Crippen molar-refractivity contribution in [2.45, 2.75) is 6.42 Å². The van der Waals surface area contributed by atoms with E-state index in [1.54, 1.807) is 7.11 Å². The summed E-state index contributed by atoms with van der Waals surface area (Å²) >= 11 is 0. The Bertz CT molecular complexity index is 1290. The first kappa shape index (κ1) is 22.3. The largest absolute Gasteiger partial charge is 0.492 e. The van der Waals surface area contributed by atoms with E-state index in [0.29, 0.717) is 24.8 Å². The smallest absolute Gasteiger partial charge is 0.225 e. The van der Waals surface area contributed by atoms with Crippen molar-refractivity contribution in [2.24, 2.45) is 11.8 Å². The molecule has 0 bridgehead atoms. The van der Waals surface area contributed by atoms with Gasteiger partial charge in [0.05, 0.1) is 35.0 Å². The zero-order valence-electron chi connectivity index (χ0n) is 19.9. The van der Waals surface area contributed by atoms with E-state index in [4.69, 9.17) is 14.5 Å². The van der Waals surface area contributed by atoms with Crippen LogP contribution in [0.3, 0.4) is 0 Å². The van der Waals surface area contributed by atoms with Gasteiger partial charge < -0.3 is 24.6 Å². The first-order valence-corrected chi connectivity index (χ1v) is 11.7. The van der Waals surface area contributed by atoms with E-state index in [1.807, 2.05) is 44.4 Å². The minimum atomic E-state index is 0.0289. The highest BCUT2D eigenvalue weighted by molar-refractivity contribution is 5.81. The van der Waals surface area contributed by atoms with Crippen LogP contribution < -0.4 is 25.5 Å². The van der Waals surface area contributed by atoms with Crippen LogP contribution in [0.25, 0.3) is 23.1 Å². The van der Waals surface area contributed by atoms with Gasteiger partial charge in [0.15, 0.2) is 5.76 Å². The van der Waals surface area contributed by atoms with E-state index >= 15 is 0 Å². The predicted molar refractivity (Wildman–Crippen MR) is 132 cm³/mol. The fraction of sp³-hybridized carbons (Fsp3) is 0.407. The van der Waals surface area contributed by atoms with Gasteiger partial charge in [0.1, 0.15) is 12.4 Å². The maximum atomic E-state index is 12.4. The number of hydrogen-bond acceptors (Lipinski definition) is 6. The molecular weight excluding hydrogens is 428 g/mol. The molecule has 7 nitrogen and oxygen atoms in total. The maximum absolute atomic E-state index is 12.4. The van der Waals surface area contributed by atoms with Gasteiger partial charge in [-0.1, -0.05) is 5.73 Å². The number of benzene rings is 1. The number of rotatable bonds is 7. The molecule has 1 N–H and O–H groups in total. The molecular formula is C27H30N4O3. The van der Waals surface area contributed by atoms with Crippen LogP contribution in [0.5, 0.6) is 5.75 Å². The Morgan fingerprint density at radius 2 is 2.03 bits per heavy atom. The Labute approximate surface area is 199 Å². The average molecular weight is 459 g/mol. The van der Waals surface area contributed by atoms with Crippen molar-refractivity contribution in [1.29, 1.82) is 0 Å². The molecule has 1 aromatic heterocycles. The first-order valence-electron chi connectivity index (χ1n) is 11.7. The number of anilines is 1. The van der Waals surface area contributed by atoms with Crippen molar-refractivity contribution >= 4 is 23.4 Å². The Balaban J connectivity index is 1.50. The van der Waals surface area contributed by atoms with Crippen LogP contribution in [0, 0.1) is 11.8 Å². The number of amides is 1. The van der Waals surface area contributed by atoms with E-state index in [9.17, 15) is 4.79 Å². The highest BCUT2D eigenvalue weighted by Crippen LogP contribution is 2.32. The van der Waals surface area contributed by atoms with E-state index in [-0.39, 0.29) is 11.8 Å². The molecule has 2 aliphatic heterocycles. The fourth-order valence-electron chi connectivity index (χ4n) is 4.81. The summed E-state index contributed by atoms with van der Waals surface area (Å²) < 4.78 is 11.2. The monoisotopic (exact) mass is 458 g/mol. The van der Waals surface area contributed by atoms with Gasteiger partial charge in [0.2, 0.25) is 5.91 Å². The number of pyridine rings is 1. The molecule has 7 heteroatoms. The molecule has 2 unspecified atom stereocenters. The highest BCUT2D eigenvalue weighted by atomic mass is 16.5. The molecule has 3 heterocycles. The lowest BCUT2D eigenvalue weighted by atomic mass is 9.89. The third-order valence-electron chi connectivity index (χ3n) is 6.72. The van der Waals surface area contributed by atoms with E-state index in [0.717, 1.165) is 59.3 Å². The van der Waals surface area contributed by atoms with Crippen LogP contribution in [0.2, 0.25) is 0 Å². The van der Waals surface area contributed by atoms with Crippen molar-refractivity contribution in [3.8, 4) is 17.0 Å². The number of nitrogens with zero attached hydrogens (tertiary/aromatic N) is 3. The van der Waals surface area contributed by atoms with Crippen LogP contribution in [0.4, 0.5) is 5.69 Å². The number of piperidine rings is 1. The van der Waals surface area contributed by atoms with Crippen LogP contribution in [-0.4, -0.2) is 69.8 Å². The molecule has 1 aromatic carbocycles. The summed E-state index contributed by atoms with van der Waals surface area (Å²) in [4.78, 5) is 21.8. The molecule has 2 fully saturated rings. The molecule has 5 rings (SSSR count). The summed E-state index contributed by atoms with van der Waals surface area (Å²) in [5.41, 5.74) is 9.23. The summed E-state index contributed by atoms with van der Waals surface area (Å²) in [6.45, 7) is 3.82. The number of nitrogens with one attached hydrogen (secondary N) is 1. The number of allylic oxidation sites excluding steroid dienone is 1. The molecule has 1 aliphatic carbocycles. The molecule has 34 heavy (non-hydrogen) atoms. The Kier molecular flexibility index (Phi) is 6.16. The van der Waals surface area contributed by atoms with Gasteiger partial charge in [-0.3, -0.25) is 4.79 Å². The van der Waals surface area contributed by atoms with Gasteiger partial charge in [0.25, 0.3) is 0 Å². The van der Waals surface area contributed by atoms with Gasteiger partial charge in [-0.05, 0) is 62.5 Å². The lowest BCUT2D eigenvalue weighted by Crippen LogP contribution is -2.41. The van der Waals surface area contributed by atoms with Crippen molar-refractivity contribution in [3.05, 3.63) is 52.4 Å². The van der Waals surface area contributed by atoms with Gasteiger partial charge >= 0.3 is 0 Å². The molecule has 2 atom stereocenters. The number of likely N-dealkylation sites (N-methyl/N-ethyl adjacent to an activating group) is 1. The van der Waals surface area contributed by atoms with Crippen molar-refractivity contribution in [1.82, 2.24) is 15.2 Å². The SMILES string of the molecule is COC1=C=C=c2c(N3CC4CCNC(=O)C4C3)cc(-c3ccc(OCCN(C)C)cc3)nc2=C1. The second kappa shape index (κ2) is 9.40. The van der Waals surface area contributed by atoms with Gasteiger partial charge in [0, 0.05) is 37.8 Å². The molecule has 3 aliphatic rings. The quantitative estimate of drug-likeness (QED) is 0.628. The third-order valence-corrected chi connectivity index (χ3v) is 6.72. The average Bonchev–Trinajstić information content (AvgIpc) is 3.29. The number of hydrogen-bond donors (Lipinski definition) is 1. The van der Waals surface area contributed by atoms with Crippen molar-refractivity contribution in [3.63, 3.8) is 0 Å². The molecule has 176 valence electrons. The van der Waals surface area contributed by atoms with Crippen LogP contribution >= 0.6 is 0 Å². The number of methoxy groups -OCH3 is 1. The van der Waals surface area contributed by atoms with Gasteiger partial charge in [-0.25, -0.2) is 4.98 Å². The Morgan fingerprint density at radius 3 is 2.76 bits per heavy atom. The molecule has 0 saturated carbocycles. The zero-order chi connectivity index (χ0) is 23.7. The van der Waals surface area contributed by atoms with E-state index in [1.165, 1.54) is 0 Å². The van der Waals surface area contributed by atoms with Crippen LogP contribution in [0.1, 0.15) is 6.42 Å². The predicted octanol–water partition coefficient (Wildman–Crippen LogP) is 1.12. The normalized spacial score (nSPS) is 20.6. The minimum Gasteiger partial charge on any atom is -0.492 e. The second-order valence-electron chi connectivity index (χ2n) is 9.28. The maximum Gasteiger partial charge on any atom is 0.225 e. The Morgan fingerprint density at radius 1 is 1.21 bits per heavy atom. The number of carbonyl (C=O) groups is 1. The van der Waals surface area contributed by atoms with Crippen LogP contribution in [0.15, 0.2) is 41.8 Å². The summed E-state index contributed by atoms with van der Waals surface area (Å²) in [6.07, 6.45) is 2.91. The Hall–Kier alpha value is -3.50. The van der Waals surface area contributed by atoms with Crippen molar-refractivity contribution in [2.75, 3.05) is 58.9 Å². The minimum absolute atomic E-state index is 0.0289. The molecule has 1 amide bonds. The van der Waals surface area contributed by atoms with E-state index < -0.39 is 0 Å². The standard InChI is InChI=1S/C27H30N4O3/c1-30(2)12-13-34-20-6-4-18(5-7-20)24-15-26(22-9-8-21(33-3)14-25(22)29-24)31-16-19-10-11-28-27(32)23(19)17-31/h4-7,14-15,19,23H,10-13,16-17H2,1-3H3,(H,28,32). The van der Waals surface area contributed by atoms with Crippen LogP contribution in [-0.2, 0) is 9.53 Å². The summed E-state index contributed by atoms with van der Waals surface area (Å²) in [5, 5.41) is 4.71. The third kappa shape index (κ3) is 4.46.